The molecule has 1 aromatic heterocycles. The first-order chi connectivity index (χ1) is 12.7. The van der Waals surface area contributed by atoms with Crippen molar-refractivity contribution in [2.24, 2.45) is 13.0 Å². The average Bonchev–Trinajstić information content (AvgIpc) is 2.83. The number of hydrogen-bond donors (Lipinski definition) is 0. The van der Waals surface area contributed by atoms with E-state index in [-0.39, 0.29) is 5.91 Å². The number of hydrogen-bond acceptors (Lipinski definition) is 3. The molecule has 138 valence electrons. The van der Waals surface area contributed by atoms with Crippen LogP contribution in [-0.2, 0) is 7.05 Å². The number of aromatic nitrogens is 2. The van der Waals surface area contributed by atoms with E-state index in [0.29, 0.717) is 17.7 Å². The lowest BCUT2D eigenvalue weighted by Gasteiger charge is -2.35. The highest BCUT2D eigenvalue weighted by atomic mass is 16.2. The number of piperidine rings is 1. The molecule has 2 aromatic rings. The predicted molar refractivity (Wildman–Crippen MR) is 103 cm³/mol. The minimum Gasteiger partial charge on any atom is -0.335 e. The lowest BCUT2D eigenvalue weighted by atomic mass is 9.95. The largest absolute Gasteiger partial charge is 0.335 e. The summed E-state index contributed by atoms with van der Waals surface area (Å²) in [4.78, 5) is 17.8. The van der Waals surface area contributed by atoms with Gasteiger partial charge in [0, 0.05) is 32.7 Å². The number of rotatable bonds is 4. The maximum Gasteiger partial charge on any atom is 0.274 e. The lowest BCUT2D eigenvalue weighted by Crippen LogP contribution is -2.44. The molecule has 5 rings (SSSR count). The van der Waals surface area contributed by atoms with Crippen LogP contribution in [0.1, 0.15) is 36.7 Å². The molecule has 2 atom stereocenters. The summed E-state index contributed by atoms with van der Waals surface area (Å²) in [6.45, 7) is 6.23. The highest BCUT2D eigenvalue weighted by molar-refractivity contribution is 5.93. The number of carbonyl (C=O) groups excluding carboxylic acids is 1. The van der Waals surface area contributed by atoms with Gasteiger partial charge in [-0.05, 0) is 43.4 Å². The average molecular weight is 352 g/mol. The van der Waals surface area contributed by atoms with Crippen LogP contribution in [0.25, 0.3) is 11.3 Å². The fourth-order valence-electron chi connectivity index (χ4n) is 4.52. The molecule has 5 heteroatoms. The Morgan fingerprint density at radius 2 is 1.96 bits per heavy atom. The lowest BCUT2D eigenvalue weighted by molar-refractivity contribution is 0.0731. The smallest absolute Gasteiger partial charge is 0.274 e. The molecule has 3 aliphatic heterocycles. The number of aryl methyl sites for hydroxylation is 1. The maximum absolute atomic E-state index is 13.2. The van der Waals surface area contributed by atoms with Crippen molar-refractivity contribution >= 4 is 5.91 Å². The molecule has 26 heavy (non-hydrogen) atoms. The standard InChI is InChI=1S/C21H28N4O/c1-3-11-24-13-16-9-10-18(24)15-25(14-16)21(26)19-12-20(23(2)22-19)17-7-5-4-6-8-17/h4-8,12,16,18H,3,9-11,13-15H2,1-2H3/t16-,18-/m0/s1. The fourth-order valence-corrected chi connectivity index (χ4v) is 4.52. The van der Waals surface area contributed by atoms with Crippen LogP contribution in [0.2, 0.25) is 0 Å². The van der Waals surface area contributed by atoms with E-state index in [1.807, 2.05) is 36.0 Å². The van der Waals surface area contributed by atoms with E-state index in [1.54, 1.807) is 0 Å². The molecule has 3 aliphatic rings. The Bertz CT molecular complexity index is 770. The molecule has 0 radical (unpaired) electrons. The summed E-state index contributed by atoms with van der Waals surface area (Å²) in [6.07, 6.45) is 3.63. The molecule has 1 aromatic carbocycles. The molecule has 0 N–H and O–H groups in total. The molecule has 5 nitrogen and oxygen atoms in total. The number of amides is 1. The molecule has 0 aliphatic carbocycles. The monoisotopic (exact) mass is 352 g/mol. The summed E-state index contributed by atoms with van der Waals surface area (Å²) in [5.41, 5.74) is 2.64. The Morgan fingerprint density at radius 3 is 2.73 bits per heavy atom. The van der Waals surface area contributed by atoms with Crippen LogP contribution < -0.4 is 0 Å². The van der Waals surface area contributed by atoms with E-state index < -0.39 is 0 Å². The Kier molecular flexibility index (Phi) is 4.81. The number of nitrogens with zero attached hydrogens (tertiary/aromatic N) is 4. The normalized spacial score (nSPS) is 23.2. The summed E-state index contributed by atoms with van der Waals surface area (Å²) in [6, 6.07) is 12.6. The van der Waals surface area contributed by atoms with Crippen LogP contribution in [0.5, 0.6) is 0 Å². The van der Waals surface area contributed by atoms with Crippen molar-refractivity contribution in [3.8, 4) is 11.3 Å². The fraction of sp³-hybridized carbons (Fsp3) is 0.524. The summed E-state index contributed by atoms with van der Waals surface area (Å²) < 4.78 is 1.82. The van der Waals surface area contributed by atoms with Gasteiger partial charge in [-0.3, -0.25) is 14.4 Å². The summed E-state index contributed by atoms with van der Waals surface area (Å²) in [7, 11) is 1.91. The van der Waals surface area contributed by atoms with Gasteiger partial charge in [0.25, 0.3) is 5.91 Å². The van der Waals surface area contributed by atoms with Gasteiger partial charge in [-0.25, -0.2) is 0 Å². The highest BCUT2D eigenvalue weighted by Crippen LogP contribution is 2.29. The van der Waals surface area contributed by atoms with Crippen LogP contribution in [-0.4, -0.2) is 57.7 Å². The van der Waals surface area contributed by atoms with Crippen molar-refractivity contribution < 1.29 is 4.79 Å². The van der Waals surface area contributed by atoms with Gasteiger partial charge in [0.2, 0.25) is 0 Å². The Morgan fingerprint density at radius 1 is 1.15 bits per heavy atom. The zero-order valence-corrected chi connectivity index (χ0v) is 15.8. The van der Waals surface area contributed by atoms with Crippen LogP contribution in [0.3, 0.4) is 0 Å². The van der Waals surface area contributed by atoms with Crippen molar-refractivity contribution in [3.05, 3.63) is 42.1 Å². The summed E-state index contributed by atoms with van der Waals surface area (Å²) in [5, 5.41) is 4.53. The third-order valence-corrected chi connectivity index (χ3v) is 5.79. The second-order valence-electron chi connectivity index (χ2n) is 7.71. The Labute approximate surface area is 155 Å². The van der Waals surface area contributed by atoms with Crippen molar-refractivity contribution in [3.63, 3.8) is 0 Å². The van der Waals surface area contributed by atoms with E-state index in [2.05, 4.69) is 34.0 Å². The SMILES string of the molecule is CCCN1C[C@@H]2CC[C@H]1CN(C(=O)c1cc(-c3ccccc3)n(C)n1)C2. The maximum atomic E-state index is 13.2. The minimum atomic E-state index is 0.0815. The number of benzene rings is 1. The first-order valence-corrected chi connectivity index (χ1v) is 9.78. The second-order valence-corrected chi connectivity index (χ2v) is 7.71. The number of fused-ring (bicyclic) bond motifs is 4. The van der Waals surface area contributed by atoms with Gasteiger partial charge in [0.1, 0.15) is 0 Å². The first-order valence-electron chi connectivity index (χ1n) is 9.78. The topological polar surface area (TPSA) is 41.4 Å². The second kappa shape index (κ2) is 7.23. The molecule has 0 spiro atoms. The molecule has 3 fully saturated rings. The molecule has 1 amide bonds. The molecule has 0 unspecified atom stereocenters. The van der Waals surface area contributed by atoms with Crippen LogP contribution in [0, 0.1) is 5.92 Å². The summed E-state index contributed by atoms with van der Waals surface area (Å²) >= 11 is 0. The van der Waals surface area contributed by atoms with Crippen molar-refractivity contribution in [2.45, 2.75) is 32.2 Å². The van der Waals surface area contributed by atoms with Gasteiger partial charge >= 0.3 is 0 Å². The predicted octanol–water partition coefficient (Wildman–Crippen LogP) is 3.03. The highest BCUT2D eigenvalue weighted by Gasteiger charge is 2.36. The van der Waals surface area contributed by atoms with E-state index in [9.17, 15) is 4.79 Å². The quantitative estimate of drug-likeness (QED) is 0.849. The molecule has 0 saturated carbocycles. The zero-order valence-electron chi connectivity index (χ0n) is 15.8. The van der Waals surface area contributed by atoms with Gasteiger partial charge in [-0.1, -0.05) is 37.3 Å². The van der Waals surface area contributed by atoms with Gasteiger partial charge < -0.3 is 4.90 Å². The Balaban J connectivity index is 1.55. The molecule has 3 saturated heterocycles. The third-order valence-electron chi connectivity index (χ3n) is 5.79. The third kappa shape index (κ3) is 3.28. The van der Waals surface area contributed by atoms with Crippen LogP contribution in [0.4, 0.5) is 0 Å². The first kappa shape index (κ1) is 17.3. The van der Waals surface area contributed by atoms with Crippen molar-refractivity contribution in [2.75, 3.05) is 26.2 Å². The van der Waals surface area contributed by atoms with E-state index in [1.165, 1.54) is 19.3 Å². The van der Waals surface area contributed by atoms with Gasteiger partial charge in [0.05, 0.1) is 5.69 Å². The van der Waals surface area contributed by atoms with Gasteiger partial charge in [-0.2, -0.15) is 5.10 Å². The Hall–Kier alpha value is -2.14. The van der Waals surface area contributed by atoms with Crippen LogP contribution in [0.15, 0.2) is 36.4 Å². The van der Waals surface area contributed by atoms with E-state index in [0.717, 1.165) is 37.4 Å². The minimum absolute atomic E-state index is 0.0815. The van der Waals surface area contributed by atoms with E-state index in [4.69, 9.17) is 0 Å². The molecule has 2 bridgehead atoms. The van der Waals surface area contributed by atoms with Crippen molar-refractivity contribution in [1.82, 2.24) is 19.6 Å². The summed E-state index contributed by atoms with van der Waals surface area (Å²) in [5.74, 6) is 0.680. The zero-order chi connectivity index (χ0) is 18.1. The molecular formula is C21H28N4O. The molecular weight excluding hydrogens is 324 g/mol. The van der Waals surface area contributed by atoms with Gasteiger partial charge in [0.15, 0.2) is 5.69 Å². The van der Waals surface area contributed by atoms with Crippen LogP contribution >= 0.6 is 0 Å². The van der Waals surface area contributed by atoms with Gasteiger partial charge in [-0.15, -0.1) is 0 Å². The van der Waals surface area contributed by atoms with E-state index >= 15 is 0 Å². The molecule has 4 heterocycles. The van der Waals surface area contributed by atoms with Crippen molar-refractivity contribution in [1.29, 1.82) is 0 Å². The number of carbonyl (C=O) groups is 1.